The minimum Gasteiger partial charge on any atom is -0.396 e. The molecule has 3 heteroatoms. The van der Waals surface area contributed by atoms with E-state index in [0.29, 0.717) is 18.8 Å². The van der Waals surface area contributed by atoms with E-state index in [-0.39, 0.29) is 18.6 Å². The Morgan fingerprint density at radius 3 is 2.31 bits per heavy atom. The lowest BCUT2D eigenvalue weighted by Crippen LogP contribution is -2.38. The van der Waals surface area contributed by atoms with E-state index in [1.807, 2.05) is 14.0 Å². The molecule has 0 bridgehead atoms. The highest BCUT2D eigenvalue weighted by Gasteiger charge is 2.17. The van der Waals surface area contributed by atoms with Gasteiger partial charge in [-0.2, -0.15) is 0 Å². The lowest BCUT2D eigenvalue weighted by molar-refractivity contribution is -0.132. The van der Waals surface area contributed by atoms with Crippen LogP contribution in [0.5, 0.6) is 0 Å². The van der Waals surface area contributed by atoms with Gasteiger partial charge in [0, 0.05) is 26.1 Å². The standard InChI is InChI=1S/C10H21NO2/c1-8(2)9(3)11(4)10(13)6-5-7-12/h8-9,12H,5-7H2,1-4H3. The van der Waals surface area contributed by atoms with Crippen LogP contribution >= 0.6 is 0 Å². The maximum Gasteiger partial charge on any atom is 0.222 e. The summed E-state index contributed by atoms with van der Waals surface area (Å²) in [5.41, 5.74) is 0. The fourth-order valence-electron chi connectivity index (χ4n) is 1.08. The highest BCUT2D eigenvalue weighted by Crippen LogP contribution is 2.09. The molecule has 0 aromatic carbocycles. The van der Waals surface area contributed by atoms with E-state index in [1.54, 1.807) is 4.90 Å². The lowest BCUT2D eigenvalue weighted by Gasteiger charge is -2.28. The Kier molecular flexibility index (Phi) is 5.71. The first-order chi connectivity index (χ1) is 6.00. The van der Waals surface area contributed by atoms with Crippen LogP contribution in [0.25, 0.3) is 0 Å². The number of aliphatic hydroxyl groups excluding tert-OH is 1. The second-order valence-corrected chi connectivity index (χ2v) is 3.82. The summed E-state index contributed by atoms with van der Waals surface area (Å²) >= 11 is 0. The van der Waals surface area contributed by atoms with E-state index in [4.69, 9.17) is 5.11 Å². The van der Waals surface area contributed by atoms with Crippen LogP contribution in [0, 0.1) is 5.92 Å². The fourth-order valence-corrected chi connectivity index (χ4v) is 1.08. The van der Waals surface area contributed by atoms with Gasteiger partial charge < -0.3 is 10.0 Å². The van der Waals surface area contributed by atoms with Crippen molar-refractivity contribution in [2.45, 2.75) is 39.7 Å². The molecule has 0 rings (SSSR count). The Labute approximate surface area is 80.7 Å². The Balaban J connectivity index is 3.94. The number of rotatable bonds is 5. The first-order valence-corrected chi connectivity index (χ1v) is 4.87. The van der Waals surface area contributed by atoms with Gasteiger partial charge >= 0.3 is 0 Å². The Bertz CT molecular complexity index is 157. The van der Waals surface area contributed by atoms with Crippen molar-refractivity contribution in [3.8, 4) is 0 Å². The van der Waals surface area contributed by atoms with Crippen LogP contribution in [-0.2, 0) is 4.79 Å². The van der Waals surface area contributed by atoms with Crippen molar-refractivity contribution in [3.05, 3.63) is 0 Å². The number of aliphatic hydroxyl groups is 1. The van der Waals surface area contributed by atoms with Crippen molar-refractivity contribution in [1.82, 2.24) is 4.90 Å². The molecular weight excluding hydrogens is 166 g/mol. The zero-order valence-corrected chi connectivity index (χ0v) is 9.08. The number of carbonyl (C=O) groups is 1. The maximum atomic E-state index is 11.5. The number of carbonyl (C=O) groups excluding carboxylic acids is 1. The molecule has 0 saturated heterocycles. The first kappa shape index (κ1) is 12.4. The van der Waals surface area contributed by atoms with Crippen molar-refractivity contribution in [2.24, 2.45) is 5.92 Å². The largest absolute Gasteiger partial charge is 0.396 e. The van der Waals surface area contributed by atoms with Gasteiger partial charge in [0.1, 0.15) is 0 Å². The number of amides is 1. The van der Waals surface area contributed by atoms with Gasteiger partial charge in [0.2, 0.25) is 5.91 Å². The van der Waals surface area contributed by atoms with Gasteiger partial charge in [-0.05, 0) is 19.3 Å². The molecule has 1 amide bonds. The van der Waals surface area contributed by atoms with Gasteiger partial charge in [0.15, 0.2) is 0 Å². The molecule has 0 aromatic heterocycles. The van der Waals surface area contributed by atoms with Crippen LogP contribution in [0.2, 0.25) is 0 Å². The molecule has 78 valence electrons. The second-order valence-electron chi connectivity index (χ2n) is 3.82. The quantitative estimate of drug-likeness (QED) is 0.704. The third-order valence-corrected chi connectivity index (χ3v) is 2.52. The van der Waals surface area contributed by atoms with Gasteiger partial charge in [-0.3, -0.25) is 4.79 Å². The summed E-state index contributed by atoms with van der Waals surface area (Å²) in [5, 5.41) is 8.57. The third kappa shape index (κ3) is 4.27. The van der Waals surface area contributed by atoms with Gasteiger partial charge in [-0.25, -0.2) is 0 Å². The minimum atomic E-state index is 0.0929. The molecule has 0 fully saturated rings. The topological polar surface area (TPSA) is 40.5 Å². The van der Waals surface area contributed by atoms with E-state index < -0.39 is 0 Å². The van der Waals surface area contributed by atoms with Crippen molar-refractivity contribution >= 4 is 5.91 Å². The molecule has 1 atom stereocenters. The molecule has 0 aliphatic carbocycles. The summed E-state index contributed by atoms with van der Waals surface area (Å²) in [7, 11) is 1.82. The van der Waals surface area contributed by atoms with Crippen molar-refractivity contribution in [1.29, 1.82) is 0 Å². The SMILES string of the molecule is CC(C)C(C)N(C)C(=O)CCCO. The van der Waals surface area contributed by atoms with E-state index >= 15 is 0 Å². The molecule has 3 nitrogen and oxygen atoms in total. The molecule has 1 unspecified atom stereocenters. The molecule has 0 spiro atoms. The summed E-state index contributed by atoms with van der Waals surface area (Å²) in [6.07, 6.45) is 1.01. The summed E-state index contributed by atoms with van der Waals surface area (Å²) in [6, 6.07) is 0.270. The molecule has 13 heavy (non-hydrogen) atoms. The molecule has 0 saturated carbocycles. The highest BCUT2D eigenvalue weighted by atomic mass is 16.3. The van der Waals surface area contributed by atoms with E-state index in [1.165, 1.54) is 0 Å². The van der Waals surface area contributed by atoms with Crippen LogP contribution in [0.1, 0.15) is 33.6 Å². The van der Waals surface area contributed by atoms with Crippen LogP contribution in [0.4, 0.5) is 0 Å². The summed E-state index contributed by atoms with van der Waals surface area (Å²) < 4.78 is 0. The lowest BCUT2D eigenvalue weighted by atomic mass is 10.0. The molecule has 0 aliphatic heterocycles. The van der Waals surface area contributed by atoms with Gasteiger partial charge in [-0.15, -0.1) is 0 Å². The first-order valence-electron chi connectivity index (χ1n) is 4.87. The average molecular weight is 187 g/mol. The van der Waals surface area contributed by atoms with E-state index in [2.05, 4.69) is 13.8 Å². The number of nitrogens with zero attached hydrogens (tertiary/aromatic N) is 1. The van der Waals surface area contributed by atoms with E-state index in [9.17, 15) is 4.79 Å². The zero-order chi connectivity index (χ0) is 10.4. The van der Waals surface area contributed by atoms with Gasteiger partial charge in [0.25, 0.3) is 0 Å². The summed E-state index contributed by atoms with van der Waals surface area (Å²) in [5.74, 6) is 0.596. The maximum absolute atomic E-state index is 11.5. The molecule has 1 N–H and O–H groups in total. The smallest absolute Gasteiger partial charge is 0.222 e. The Morgan fingerprint density at radius 2 is 1.92 bits per heavy atom. The monoisotopic (exact) mass is 187 g/mol. The molecule has 0 aromatic rings. The van der Waals surface area contributed by atoms with E-state index in [0.717, 1.165) is 0 Å². The number of hydrogen-bond donors (Lipinski definition) is 1. The van der Waals surface area contributed by atoms with Crippen LogP contribution in [0.3, 0.4) is 0 Å². The predicted octanol–water partition coefficient (Wildman–Crippen LogP) is 1.26. The average Bonchev–Trinajstić information content (AvgIpc) is 2.11. The summed E-state index contributed by atoms with van der Waals surface area (Å²) in [6.45, 7) is 6.33. The van der Waals surface area contributed by atoms with Crippen LogP contribution in [0.15, 0.2) is 0 Å². The van der Waals surface area contributed by atoms with Crippen molar-refractivity contribution in [3.63, 3.8) is 0 Å². The summed E-state index contributed by atoms with van der Waals surface area (Å²) in [4.78, 5) is 13.2. The minimum absolute atomic E-state index is 0.0929. The predicted molar refractivity (Wildman–Crippen MR) is 53.4 cm³/mol. The van der Waals surface area contributed by atoms with Crippen LogP contribution in [-0.4, -0.2) is 35.6 Å². The Hall–Kier alpha value is -0.570. The highest BCUT2D eigenvalue weighted by molar-refractivity contribution is 5.76. The molecule has 0 heterocycles. The van der Waals surface area contributed by atoms with Gasteiger partial charge in [0.05, 0.1) is 0 Å². The zero-order valence-electron chi connectivity index (χ0n) is 9.08. The number of hydrogen-bond acceptors (Lipinski definition) is 2. The molecule has 0 aliphatic rings. The fraction of sp³-hybridized carbons (Fsp3) is 0.900. The second kappa shape index (κ2) is 5.97. The third-order valence-electron chi connectivity index (χ3n) is 2.52. The van der Waals surface area contributed by atoms with Crippen molar-refractivity contribution < 1.29 is 9.90 Å². The van der Waals surface area contributed by atoms with Crippen LogP contribution < -0.4 is 0 Å². The Morgan fingerprint density at radius 1 is 1.38 bits per heavy atom. The molecular formula is C10H21NO2. The van der Waals surface area contributed by atoms with Gasteiger partial charge in [-0.1, -0.05) is 13.8 Å². The van der Waals surface area contributed by atoms with Crippen molar-refractivity contribution in [2.75, 3.05) is 13.7 Å². The molecule has 0 radical (unpaired) electrons. The normalized spacial score (nSPS) is 13.1.